The molecule has 1 aliphatic heterocycles. The number of amides is 1. The van der Waals surface area contributed by atoms with Crippen molar-refractivity contribution in [3.63, 3.8) is 0 Å². The number of aromatic nitrogens is 1. The van der Waals surface area contributed by atoms with Crippen LogP contribution in [0.25, 0.3) is 0 Å². The Bertz CT molecular complexity index is 758. The summed E-state index contributed by atoms with van der Waals surface area (Å²) in [6.45, 7) is 8.52. The SMILES string of the molecule is CCCCN(CC)c1cc(C)nc2c1NC(=O)CN2c1ccccc1.CF.[HH]. The largest absolute Gasteiger partial charge is 0.370 e. The lowest BCUT2D eigenvalue weighted by atomic mass is 10.1. The number of aryl methyl sites for hydroxylation is 1. The molecule has 0 unspecified atom stereocenters. The van der Waals surface area contributed by atoms with E-state index in [1.165, 1.54) is 0 Å². The second-order valence-electron chi connectivity index (χ2n) is 6.38. The molecule has 2 aromatic rings. The van der Waals surface area contributed by atoms with E-state index >= 15 is 0 Å². The van der Waals surface area contributed by atoms with Crippen LogP contribution in [-0.2, 0) is 4.79 Å². The van der Waals surface area contributed by atoms with Crippen LogP contribution in [0.2, 0.25) is 0 Å². The quantitative estimate of drug-likeness (QED) is 0.778. The molecule has 0 spiro atoms. The normalized spacial score (nSPS) is 12.6. The van der Waals surface area contributed by atoms with Crippen LogP contribution in [0.1, 0.15) is 33.8 Å². The van der Waals surface area contributed by atoms with Crippen molar-refractivity contribution in [1.29, 1.82) is 0 Å². The first-order valence-corrected chi connectivity index (χ1v) is 9.40. The summed E-state index contributed by atoms with van der Waals surface area (Å²) in [5, 5.41) is 3.06. The molecule has 148 valence electrons. The summed E-state index contributed by atoms with van der Waals surface area (Å²) in [4.78, 5) is 21.4. The average molecular weight is 375 g/mol. The highest BCUT2D eigenvalue weighted by Gasteiger charge is 2.28. The first-order chi connectivity index (χ1) is 13.1. The van der Waals surface area contributed by atoms with Gasteiger partial charge in [0.2, 0.25) is 5.91 Å². The van der Waals surface area contributed by atoms with Crippen molar-refractivity contribution in [3.05, 3.63) is 42.1 Å². The third kappa shape index (κ3) is 4.76. The molecule has 27 heavy (non-hydrogen) atoms. The van der Waals surface area contributed by atoms with Crippen LogP contribution in [0.15, 0.2) is 36.4 Å². The van der Waals surface area contributed by atoms with Gasteiger partial charge in [-0.1, -0.05) is 31.5 Å². The lowest BCUT2D eigenvalue weighted by Crippen LogP contribution is -2.37. The summed E-state index contributed by atoms with van der Waals surface area (Å²) >= 11 is 0. The number of anilines is 4. The highest BCUT2D eigenvalue weighted by molar-refractivity contribution is 6.06. The summed E-state index contributed by atoms with van der Waals surface area (Å²) in [6, 6.07) is 12.1. The van der Waals surface area contributed by atoms with Gasteiger partial charge in [0.15, 0.2) is 5.82 Å². The minimum absolute atomic E-state index is 0. The van der Waals surface area contributed by atoms with Gasteiger partial charge in [-0.15, -0.1) is 0 Å². The van der Waals surface area contributed by atoms with Crippen LogP contribution < -0.4 is 15.1 Å². The fourth-order valence-corrected chi connectivity index (χ4v) is 3.22. The van der Waals surface area contributed by atoms with Crippen molar-refractivity contribution >= 4 is 28.8 Å². The molecule has 6 heteroatoms. The fraction of sp³-hybridized carbons (Fsp3) is 0.429. The second kappa shape index (κ2) is 9.90. The van der Waals surface area contributed by atoms with Crippen LogP contribution in [0.4, 0.5) is 27.3 Å². The Morgan fingerprint density at radius 3 is 2.59 bits per heavy atom. The third-order valence-electron chi connectivity index (χ3n) is 4.50. The molecule has 1 aromatic carbocycles. The van der Waals surface area contributed by atoms with Gasteiger partial charge in [0.1, 0.15) is 12.2 Å². The van der Waals surface area contributed by atoms with Crippen LogP contribution >= 0.6 is 0 Å². The monoisotopic (exact) mass is 374 g/mol. The Balaban J connectivity index is 0.00000127. The van der Waals surface area contributed by atoms with Crippen LogP contribution in [-0.4, -0.2) is 37.7 Å². The molecule has 0 atom stereocenters. The topological polar surface area (TPSA) is 48.5 Å². The third-order valence-corrected chi connectivity index (χ3v) is 4.50. The molecule has 0 bridgehead atoms. The van der Waals surface area contributed by atoms with Crippen LogP contribution in [0.3, 0.4) is 0 Å². The van der Waals surface area contributed by atoms with Gasteiger partial charge in [-0.25, -0.2) is 4.98 Å². The maximum absolute atomic E-state index is 12.4. The predicted octanol–water partition coefficient (Wildman–Crippen LogP) is 4.94. The lowest BCUT2D eigenvalue weighted by molar-refractivity contribution is -0.115. The Morgan fingerprint density at radius 2 is 1.96 bits per heavy atom. The van der Waals surface area contributed by atoms with Crippen molar-refractivity contribution in [2.24, 2.45) is 0 Å². The molecule has 1 aromatic heterocycles. The van der Waals surface area contributed by atoms with E-state index in [2.05, 4.69) is 30.1 Å². The van der Waals surface area contributed by atoms with Crippen molar-refractivity contribution < 1.29 is 10.6 Å². The Labute approximate surface area is 162 Å². The number of alkyl halides is 1. The number of pyridine rings is 1. The van der Waals surface area contributed by atoms with Gasteiger partial charge in [-0.3, -0.25) is 9.18 Å². The van der Waals surface area contributed by atoms with E-state index in [0.29, 0.717) is 7.18 Å². The van der Waals surface area contributed by atoms with Crippen LogP contribution in [0, 0.1) is 6.92 Å². The molecule has 1 N–H and O–H groups in total. The van der Waals surface area contributed by atoms with Gasteiger partial charge >= 0.3 is 0 Å². The van der Waals surface area contributed by atoms with E-state index in [0.717, 1.165) is 54.5 Å². The highest BCUT2D eigenvalue weighted by atomic mass is 19.1. The van der Waals surface area contributed by atoms with Gasteiger partial charge < -0.3 is 15.1 Å². The van der Waals surface area contributed by atoms with Gasteiger partial charge in [-0.05, 0) is 38.5 Å². The zero-order valence-electron chi connectivity index (χ0n) is 16.6. The summed E-state index contributed by atoms with van der Waals surface area (Å²) in [5.74, 6) is 0.825. The molecule has 1 amide bonds. The number of carbonyl (C=O) groups is 1. The van der Waals surface area contributed by atoms with Gasteiger partial charge in [0.05, 0.1) is 12.9 Å². The number of fused-ring (bicyclic) bond motifs is 1. The van der Waals surface area contributed by atoms with E-state index < -0.39 is 0 Å². The summed E-state index contributed by atoms with van der Waals surface area (Å²) in [7, 11) is 0.500. The Hall–Kier alpha value is -2.63. The molecule has 0 saturated carbocycles. The number of halogens is 1. The Kier molecular flexibility index (Phi) is 7.58. The molecular formula is C21H31FN4O. The standard InChI is InChI=1S/C20H26N4O.CH3F.H2/c1-4-6-12-23(5-2)17-13-15(3)21-20-19(17)22-18(25)14-24(20)16-10-8-7-9-11-16;1-2;/h7-11,13H,4-6,12,14H2,1-3H3,(H,22,25);1H3;1H. The van der Waals surface area contributed by atoms with E-state index in [4.69, 9.17) is 4.98 Å². The van der Waals surface area contributed by atoms with Gasteiger partial charge in [0.25, 0.3) is 0 Å². The number of hydrogen-bond donors (Lipinski definition) is 1. The van der Waals surface area contributed by atoms with Crippen molar-refractivity contribution in [3.8, 4) is 0 Å². The fourth-order valence-electron chi connectivity index (χ4n) is 3.22. The first kappa shape index (κ1) is 20.7. The number of rotatable bonds is 6. The molecule has 0 saturated heterocycles. The van der Waals surface area contributed by atoms with Crippen LogP contribution in [0.5, 0.6) is 0 Å². The second-order valence-corrected chi connectivity index (χ2v) is 6.38. The lowest BCUT2D eigenvalue weighted by Gasteiger charge is -2.34. The highest BCUT2D eigenvalue weighted by Crippen LogP contribution is 2.40. The molecule has 0 radical (unpaired) electrons. The number of benzene rings is 1. The number of carbonyl (C=O) groups excluding carboxylic acids is 1. The molecule has 0 aliphatic carbocycles. The number of para-hydroxylation sites is 1. The molecule has 5 nitrogen and oxygen atoms in total. The minimum atomic E-state index is -0.00481. The molecular weight excluding hydrogens is 343 g/mol. The average Bonchev–Trinajstić information content (AvgIpc) is 2.70. The van der Waals surface area contributed by atoms with Crippen molar-refractivity contribution in [2.45, 2.75) is 33.6 Å². The summed E-state index contributed by atoms with van der Waals surface area (Å²) in [6.07, 6.45) is 2.27. The van der Waals surface area contributed by atoms with Gasteiger partial charge in [0, 0.05) is 25.9 Å². The molecule has 2 heterocycles. The number of nitrogens with zero attached hydrogens (tertiary/aromatic N) is 3. The van der Waals surface area contributed by atoms with E-state index in [1.807, 2.05) is 42.2 Å². The van der Waals surface area contributed by atoms with Crippen molar-refractivity contribution in [1.82, 2.24) is 4.98 Å². The van der Waals surface area contributed by atoms with E-state index in [1.54, 1.807) is 0 Å². The first-order valence-electron chi connectivity index (χ1n) is 9.40. The van der Waals surface area contributed by atoms with E-state index in [-0.39, 0.29) is 13.9 Å². The number of nitrogens with one attached hydrogen (secondary N) is 1. The summed E-state index contributed by atoms with van der Waals surface area (Å²) < 4.78 is 9.50. The molecule has 3 rings (SSSR count). The van der Waals surface area contributed by atoms with E-state index in [9.17, 15) is 9.18 Å². The van der Waals surface area contributed by atoms with Gasteiger partial charge in [-0.2, -0.15) is 0 Å². The summed E-state index contributed by atoms with van der Waals surface area (Å²) in [5.41, 5.74) is 3.83. The smallest absolute Gasteiger partial charge is 0.244 e. The maximum atomic E-state index is 12.4. The zero-order chi connectivity index (χ0) is 19.8. The predicted molar refractivity (Wildman–Crippen MR) is 113 cm³/mol. The minimum Gasteiger partial charge on any atom is -0.370 e. The van der Waals surface area contributed by atoms with Crippen molar-refractivity contribution in [2.75, 3.05) is 41.9 Å². The molecule has 1 aliphatic rings. The number of hydrogen-bond acceptors (Lipinski definition) is 4. The maximum Gasteiger partial charge on any atom is 0.244 e. The Morgan fingerprint density at radius 1 is 1.26 bits per heavy atom. The number of unbranched alkanes of at least 4 members (excludes halogenated alkanes) is 1. The molecule has 0 fully saturated rings. The zero-order valence-corrected chi connectivity index (χ0v) is 16.6.